The Morgan fingerprint density at radius 1 is 1.22 bits per heavy atom. The first-order valence-electron chi connectivity index (χ1n) is 6.13. The molecule has 1 heterocycles. The van der Waals surface area contributed by atoms with Gasteiger partial charge in [-0.15, -0.1) is 11.3 Å². The summed E-state index contributed by atoms with van der Waals surface area (Å²) in [4.78, 5) is 1.22. The van der Waals surface area contributed by atoms with E-state index in [4.69, 9.17) is 10.6 Å². The molecular formula is C14H16N2OS. The molecule has 2 aromatic rings. The molecule has 1 fully saturated rings. The first-order chi connectivity index (χ1) is 8.86. The van der Waals surface area contributed by atoms with Crippen LogP contribution in [0.25, 0.3) is 0 Å². The highest BCUT2D eigenvalue weighted by atomic mass is 32.1. The van der Waals surface area contributed by atoms with Gasteiger partial charge in [-0.1, -0.05) is 18.2 Å². The van der Waals surface area contributed by atoms with E-state index in [0.717, 1.165) is 11.3 Å². The standard InChI is InChI=1S/C14H16N2OS/c15-16-14(13-2-1-9-18-13)10-3-5-11(6-4-10)17-12-7-8-12/h1-6,9,12,14,16H,7-8,15H2. The van der Waals surface area contributed by atoms with Crippen molar-refractivity contribution in [2.24, 2.45) is 5.84 Å². The number of hydrazine groups is 1. The molecule has 1 aromatic heterocycles. The van der Waals surface area contributed by atoms with Gasteiger partial charge in [-0.25, -0.2) is 5.43 Å². The van der Waals surface area contributed by atoms with E-state index in [-0.39, 0.29) is 6.04 Å². The molecule has 18 heavy (non-hydrogen) atoms. The highest BCUT2D eigenvalue weighted by molar-refractivity contribution is 7.10. The number of thiophene rings is 1. The summed E-state index contributed by atoms with van der Waals surface area (Å²) in [7, 11) is 0. The zero-order chi connectivity index (χ0) is 12.4. The maximum atomic E-state index is 5.74. The highest BCUT2D eigenvalue weighted by Gasteiger charge is 2.23. The first kappa shape index (κ1) is 11.7. The van der Waals surface area contributed by atoms with Crippen LogP contribution in [0.3, 0.4) is 0 Å². The van der Waals surface area contributed by atoms with Crippen molar-refractivity contribution in [1.29, 1.82) is 0 Å². The Labute approximate surface area is 111 Å². The maximum Gasteiger partial charge on any atom is 0.119 e. The zero-order valence-corrected chi connectivity index (χ0v) is 10.8. The van der Waals surface area contributed by atoms with E-state index >= 15 is 0 Å². The molecule has 0 radical (unpaired) electrons. The van der Waals surface area contributed by atoms with Crippen molar-refractivity contribution < 1.29 is 4.74 Å². The topological polar surface area (TPSA) is 47.3 Å². The van der Waals surface area contributed by atoms with Gasteiger partial charge in [0.25, 0.3) is 0 Å². The molecule has 1 saturated carbocycles. The SMILES string of the molecule is NNC(c1ccc(OC2CC2)cc1)c1cccs1. The summed E-state index contributed by atoms with van der Waals surface area (Å²) in [6, 6.07) is 12.4. The summed E-state index contributed by atoms with van der Waals surface area (Å²) >= 11 is 1.70. The van der Waals surface area contributed by atoms with Gasteiger partial charge < -0.3 is 4.74 Å². The molecule has 1 aliphatic rings. The number of hydrogen-bond acceptors (Lipinski definition) is 4. The van der Waals surface area contributed by atoms with Crippen molar-refractivity contribution in [2.75, 3.05) is 0 Å². The van der Waals surface area contributed by atoms with E-state index in [9.17, 15) is 0 Å². The smallest absolute Gasteiger partial charge is 0.119 e. The van der Waals surface area contributed by atoms with Crippen molar-refractivity contribution in [3.63, 3.8) is 0 Å². The van der Waals surface area contributed by atoms with Crippen LogP contribution in [0, 0.1) is 0 Å². The molecule has 0 spiro atoms. The van der Waals surface area contributed by atoms with Crippen molar-refractivity contribution in [2.45, 2.75) is 25.0 Å². The molecule has 0 aliphatic heterocycles. The molecular weight excluding hydrogens is 244 g/mol. The van der Waals surface area contributed by atoms with Crippen molar-refractivity contribution >= 4 is 11.3 Å². The third kappa shape index (κ3) is 2.56. The number of nitrogens with two attached hydrogens (primary N) is 1. The van der Waals surface area contributed by atoms with Crippen LogP contribution in [0.2, 0.25) is 0 Å². The molecule has 94 valence electrons. The average molecular weight is 260 g/mol. The summed E-state index contributed by atoms with van der Waals surface area (Å²) in [6.07, 6.45) is 2.81. The summed E-state index contributed by atoms with van der Waals surface area (Å²) in [5.74, 6) is 6.60. The lowest BCUT2D eigenvalue weighted by Crippen LogP contribution is -2.28. The second-order valence-electron chi connectivity index (χ2n) is 4.50. The van der Waals surface area contributed by atoms with E-state index in [1.165, 1.54) is 17.7 Å². The molecule has 3 N–H and O–H groups in total. The lowest BCUT2D eigenvalue weighted by atomic mass is 10.1. The van der Waals surface area contributed by atoms with Crippen LogP contribution in [0.5, 0.6) is 5.75 Å². The number of hydrogen-bond donors (Lipinski definition) is 2. The summed E-state index contributed by atoms with van der Waals surface area (Å²) in [6.45, 7) is 0. The minimum Gasteiger partial charge on any atom is -0.490 e. The fraction of sp³-hybridized carbons (Fsp3) is 0.286. The predicted molar refractivity (Wildman–Crippen MR) is 73.6 cm³/mol. The largest absolute Gasteiger partial charge is 0.490 e. The van der Waals surface area contributed by atoms with Crippen molar-refractivity contribution in [3.8, 4) is 5.75 Å². The molecule has 1 unspecified atom stereocenters. The van der Waals surface area contributed by atoms with Crippen molar-refractivity contribution in [1.82, 2.24) is 5.43 Å². The Morgan fingerprint density at radius 2 is 2.00 bits per heavy atom. The van der Waals surface area contributed by atoms with Crippen molar-refractivity contribution in [3.05, 3.63) is 52.2 Å². The fourth-order valence-corrected chi connectivity index (χ4v) is 2.73. The van der Waals surface area contributed by atoms with Crippen LogP contribution >= 0.6 is 11.3 Å². The van der Waals surface area contributed by atoms with Gasteiger partial charge >= 0.3 is 0 Å². The first-order valence-corrected chi connectivity index (χ1v) is 7.01. The van der Waals surface area contributed by atoms with Gasteiger partial charge in [-0.2, -0.15) is 0 Å². The Kier molecular flexibility index (Phi) is 3.32. The van der Waals surface area contributed by atoms with Crippen LogP contribution < -0.4 is 16.0 Å². The number of rotatable bonds is 5. The minimum atomic E-state index is 0.0555. The summed E-state index contributed by atoms with van der Waals surface area (Å²) in [5.41, 5.74) is 4.02. The van der Waals surface area contributed by atoms with E-state index in [1.54, 1.807) is 11.3 Å². The third-order valence-electron chi connectivity index (χ3n) is 3.03. The van der Waals surface area contributed by atoms with Gasteiger partial charge in [0, 0.05) is 4.88 Å². The Balaban J connectivity index is 1.77. The molecule has 3 rings (SSSR count). The lowest BCUT2D eigenvalue weighted by Gasteiger charge is -2.15. The Morgan fingerprint density at radius 3 is 2.56 bits per heavy atom. The molecule has 0 saturated heterocycles. The van der Waals surface area contributed by atoms with Crippen LogP contribution in [0.15, 0.2) is 41.8 Å². The van der Waals surface area contributed by atoms with Gasteiger partial charge in [0.1, 0.15) is 5.75 Å². The molecule has 3 nitrogen and oxygen atoms in total. The highest BCUT2D eigenvalue weighted by Crippen LogP contribution is 2.29. The van der Waals surface area contributed by atoms with E-state index in [2.05, 4.69) is 29.0 Å². The lowest BCUT2D eigenvalue weighted by molar-refractivity contribution is 0.303. The number of benzene rings is 1. The predicted octanol–water partition coefficient (Wildman–Crippen LogP) is 2.84. The van der Waals surface area contributed by atoms with Gasteiger partial charge in [-0.3, -0.25) is 5.84 Å². The summed E-state index contributed by atoms with van der Waals surface area (Å²) < 4.78 is 5.74. The number of ether oxygens (including phenoxy) is 1. The Hall–Kier alpha value is -1.36. The van der Waals surface area contributed by atoms with Crippen LogP contribution in [0.4, 0.5) is 0 Å². The summed E-state index contributed by atoms with van der Waals surface area (Å²) in [5, 5.41) is 2.06. The fourth-order valence-electron chi connectivity index (χ4n) is 1.92. The Bertz CT molecular complexity index is 491. The van der Waals surface area contributed by atoms with Gasteiger partial charge in [0.15, 0.2) is 0 Å². The minimum absolute atomic E-state index is 0.0555. The van der Waals surface area contributed by atoms with Crippen LogP contribution in [-0.4, -0.2) is 6.10 Å². The van der Waals surface area contributed by atoms with Crippen LogP contribution in [0.1, 0.15) is 29.3 Å². The molecule has 1 aliphatic carbocycles. The van der Waals surface area contributed by atoms with E-state index < -0.39 is 0 Å². The second kappa shape index (κ2) is 5.10. The molecule has 1 aromatic carbocycles. The monoisotopic (exact) mass is 260 g/mol. The van der Waals surface area contributed by atoms with Gasteiger partial charge in [-0.05, 0) is 42.0 Å². The van der Waals surface area contributed by atoms with E-state index in [1.807, 2.05) is 18.2 Å². The normalized spacial score (nSPS) is 16.5. The van der Waals surface area contributed by atoms with Gasteiger partial charge in [0.2, 0.25) is 0 Å². The van der Waals surface area contributed by atoms with Crippen LogP contribution in [-0.2, 0) is 0 Å². The molecule has 4 heteroatoms. The quantitative estimate of drug-likeness (QED) is 0.642. The number of nitrogens with one attached hydrogen (secondary N) is 1. The van der Waals surface area contributed by atoms with E-state index in [0.29, 0.717) is 6.10 Å². The molecule has 1 atom stereocenters. The van der Waals surface area contributed by atoms with Gasteiger partial charge in [0.05, 0.1) is 12.1 Å². The zero-order valence-electron chi connectivity index (χ0n) is 10.0. The average Bonchev–Trinajstić information content (AvgIpc) is 3.05. The molecule has 0 bridgehead atoms. The second-order valence-corrected chi connectivity index (χ2v) is 5.48. The molecule has 0 amide bonds. The maximum absolute atomic E-state index is 5.74. The third-order valence-corrected chi connectivity index (χ3v) is 3.97.